The van der Waals surface area contributed by atoms with Crippen LogP contribution in [0.15, 0.2) is 24.8 Å². The van der Waals surface area contributed by atoms with Gasteiger partial charge in [0.05, 0.1) is 7.11 Å². The largest absolute Gasteiger partial charge is 0.496 e. The molecule has 0 aromatic heterocycles. The van der Waals surface area contributed by atoms with Crippen molar-refractivity contribution in [2.75, 3.05) is 13.7 Å². The Morgan fingerprint density at radius 1 is 1.35 bits per heavy atom. The average molecular weight is 316 g/mol. The summed E-state index contributed by atoms with van der Waals surface area (Å²) in [5.74, 6) is 0.00345. The lowest BCUT2D eigenvalue weighted by Gasteiger charge is -2.35. The Morgan fingerprint density at radius 2 is 2.09 bits per heavy atom. The minimum absolute atomic E-state index is 0.0805. The first kappa shape index (κ1) is 17.3. The molecule has 0 aliphatic heterocycles. The predicted octanol–water partition coefficient (Wildman–Crippen LogP) is 3.42. The number of hydrogen-bond acceptors (Lipinski definition) is 4. The number of benzene rings is 1. The van der Waals surface area contributed by atoms with Crippen LogP contribution in [0.4, 0.5) is 0 Å². The molecular weight excluding hydrogens is 292 g/mol. The predicted molar refractivity (Wildman–Crippen MR) is 88.8 cm³/mol. The van der Waals surface area contributed by atoms with Crippen molar-refractivity contribution in [3.8, 4) is 5.75 Å². The number of rotatable bonds is 5. The highest BCUT2D eigenvalue weighted by Gasteiger charge is 2.51. The molecular formula is C19H24O4. The highest BCUT2D eigenvalue weighted by molar-refractivity contribution is 6.11. The van der Waals surface area contributed by atoms with E-state index in [0.29, 0.717) is 24.2 Å². The van der Waals surface area contributed by atoms with Crippen LogP contribution in [0.5, 0.6) is 5.75 Å². The van der Waals surface area contributed by atoms with Gasteiger partial charge in [-0.05, 0) is 43.9 Å². The fraction of sp³-hybridized carbons (Fsp3) is 0.474. The summed E-state index contributed by atoms with van der Waals surface area (Å²) < 4.78 is 10.8. The second-order valence-corrected chi connectivity index (χ2v) is 6.08. The summed E-state index contributed by atoms with van der Waals surface area (Å²) >= 11 is 0. The summed E-state index contributed by atoms with van der Waals surface area (Å²) in [5.41, 5.74) is 1.31. The molecule has 0 amide bonds. The average Bonchev–Trinajstić information content (AvgIpc) is 2.53. The zero-order valence-electron chi connectivity index (χ0n) is 14.1. The second kappa shape index (κ2) is 6.99. The lowest BCUT2D eigenvalue weighted by atomic mass is 9.66. The fourth-order valence-electron chi connectivity index (χ4n) is 3.51. The first-order valence-corrected chi connectivity index (χ1v) is 7.94. The highest BCUT2D eigenvalue weighted by Crippen LogP contribution is 2.44. The molecule has 4 heteroatoms. The molecule has 1 aromatic rings. The van der Waals surface area contributed by atoms with E-state index in [1.165, 1.54) is 6.08 Å². The molecule has 4 nitrogen and oxygen atoms in total. The van der Waals surface area contributed by atoms with Gasteiger partial charge in [0, 0.05) is 12.0 Å². The van der Waals surface area contributed by atoms with Crippen LogP contribution < -0.4 is 4.74 Å². The van der Waals surface area contributed by atoms with Gasteiger partial charge in [-0.3, -0.25) is 9.59 Å². The molecule has 0 heterocycles. The van der Waals surface area contributed by atoms with Crippen LogP contribution in [0, 0.1) is 13.8 Å². The quantitative estimate of drug-likeness (QED) is 0.474. The lowest BCUT2D eigenvalue weighted by molar-refractivity contribution is -0.155. The van der Waals surface area contributed by atoms with Crippen molar-refractivity contribution in [1.82, 2.24) is 0 Å². The Morgan fingerprint density at radius 3 is 2.70 bits per heavy atom. The van der Waals surface area contributed by atoms with Gasteiger partial charge >= 0.3 is 5.97 Å². The van der Waals surface area contributed by atoms with E-state index < -0.39 is 11.4 Å². The van der Waals surface area contributed by atoms with E-state index >= 15 is 0 Å². The summed E-state index contributed by atoms with van der Waals surface area (Å²) in [6.45, 7) is 7.54. The summed E-state index contributed by atoms with van der Waals surface area (Å²) in [5, 5.41) is 0. The van der Waals surface area contributed by atoms with Crippen molar-refractivity contribution in [3.05, 3.63) is 41.5 Å². The van der Waals surface area contributed by atoms with Crippen molar-refractivity contribution < 1.29 is 19.1 Å². The number of esters is 1. The molecule has 2 rings (SSSR count). The van der Waals surface area contributed by atoms with E-state index in [-0.39, 0.29) is 12.4 Å². The van der Waals surface area contributed by atoms with E-state index in [2.05, 4.69) is 6.58 Å². The number of carbonyl (C=O) groups excluding carboxylic acids is 2. The fourth-order valence-corrected chi connectivity index (χ4v) is 3.51. The van der Waals surface area contributed by atoms with Crippen LogP contribution in [0.2, 0.25) is 0 Å². The summed E-state index contributed by atoms with van der Waals surface area (Å²) in [6, 6.07) is 3.84. The molecule has 0 radical (unpaired) electrons. The minimum atomic E-state index is -1.26. The van der Waals surface area contributed by atoms with Gasteiger partial charge in [0.15, 0.2) is 11.2 Å². The number of carbonyl (C=O) groups is 2. The van der Waals surface area contributed by atoms with Gasteiger partial charge in [0.25, 0.3) is 0 Å². The molecule has 1 aromatic carbocycles. The number of hydrogen-bond donors (Lipinski definition) is 0. The number of ketones is 1. The molecule has 0 saturated heterocycles. The summed E-state index contributed by atoms with van der Waals surface area (Å²) in [6.07, 6.45) is 3.98. The molecule has 1 atom stereocenters. The highest BCUT2D eigenvalue weighted by atomic mass is 16.5. The van der Waals surface area contributed by atoms with Crippen molar-refractivity contribution >= 4 is 11.8 Å². The molecule has 124 valence electrons. The first-order chi connectivity index (χ1) is 11.0. The summed E-state index contributed by atoms with van der Waals surface area (Å²) in [4.78, 5) is 25.7. The van der Waals surface area contributed by atoms with E-state index in [0.717, 1.165) is 24.0 Å². The van der Waals surface area contributed by atoms with Crippen LogP contribution >= 0.6 is 0 Å². The van der Waals surface area contributed by atoms with Gasteiger partial charge in [0.1, 0.15) is 12.4 Å². The molecule has 0 N–H and O–H groups in total. The van der Waals surface area contributed by atoms with Gasteiger partial charge in [-0.15, -0.1) is 0 Å². The lowest BCUT2D eigenvalue weighted by Crippen LogP contribution is -2.47. The smallest absolute Gasteiger partial charge is 0.324 e. The zero-order valence-corrected chi connectivity index (χ0v) is 14.1. The van der Waals surface area contributed by atoms with Gasteiger partial charge < -0.3 is 9.47 Å². The Balaban J connectivity index is 2.65. The van der Waals surface area contributed by atoms with Crippen LogP contribution in [0.1, 0.15) is 42.4 Å². The molecule has 0 bridgehead atoms. The first-order valence-electron chi connectivity index (χ1n) is 7.94. The second-order valence-electron chi connectivity index (χ2n) is 6.08. The number of methoxy groups -OCH3 is 1. The van der Waals surface area contributed by atoms with Gasteiger partial charge in [-0.25, -0.2) is 0 Å². The molecule has 1 fully saturated rings. The molecule has 1 aliphatic rings. The van der Waals surface area contributed by atoms with Crippen LogP contribution in [-0.4, -0.2) is 25.5 Å². The minimum Gasteiger partial charge on any atom is -0.496 e. The van der Waals surface area contributed by atoms with E-state index in [9.17, 15) is 9.59 Å². The molecule has 0 spiro atoms. The molecule has 1 aliphatic carbocycles. The maximum absolute atomic E-state index is 12.8. The third-order valence-corrected chi connectivity index (χ3v) is 4.45. The van der Waals surface area contributed by atoms with Crippen molar-refractivity contribution in [3.63, 3.8) is 0 Å². The van der Waals surface area contributed by atoms with Crippen LogP contribution in [-0.2, 0) is 19.7 Å². The van der Waals surface area contributed by atoms with E-state index in [1.54, 1.807) is 7.11 Å². The zero-order chi connectivity index (χ0) is 17.0. The standard InChI is InChI=1S/C19H24O4/c1-5-10-23-18(21)19(9-7-6-8-16(19)20)17-14(3)11-13(2)12-15(17)22-4/h5,11-12H,1,6-10H2,2-4H3. The Hall–Kier alpha value is -2.10. The summed E-state index contributed by atoms with van der Waals surface area (Å²) in [7, 11) is 1.56. The van der Waals surface area contributed by atoms with Gasteiger partial charge in [-0.2, -0.15) is 0 Å². The van der Waals surface area contributed by atoms with Crippen molar-refractivity contribution in [1.29, 1.82) is 0 Å². The Kier molecular flexibility index (Phi) is 5.24. The van der Waals surface area contributed by atoms with E-state index in [1.807, 2.05) is 26.0 Å². The maximum atomic E-state index is 12.8. The number of Topliss-reactive ketones (excluding diaryl/α,β-unsaturated/α-hetero) is 1. The van der Waals surface area contributed by atoms with E-state index in [4.69, 9.17) is 9.47 Å². The van der Waals surface area contributed by atoms with Crippen LogP contribution in [0.25, 0.3) is 0 Å². The van der Waals surface area contributed by atoms with Crippen LogP contribution in [0.3, 0.4) is 0 Å². The van der Waals surface area contributed by atoms with Crippen molar-refractivity contribution in [2.24, 2.45) is 0 Å². The molecule has 23 heavy (non-hydrogen) atoms. The Labute approximate surface area is 137 Å². The maximum Gasteiger partial charge on any atom is 0.324 e. The molecule has 1 saturated carbocycles. The Bertz CT molecular complexity index is 633. The van der Waals surface area contributed by atoms with Gasteiger partial charge in [-0.1, -0.05) is 25.1 Å². The third-order valence-electron chi connectivity index (χ3n) is 4.45. The normalized spacial score (nSPS) is 20.9. The number of aryl methyl sites for hydroxylation is 2. The van der Waals surface area contributed by atoms with Crippen molar-refractivity contribution in [2.45, 2.75) is 44.9 Å². The SMILES string of the molecule is C=CCOC(=O)C1(c2c(C)cc(C)cc2OC)CCCCC1=O. The topological polar surface area (TPSA) is 52.6 Å². The monoisotopic (exact) mass is 316 g/mol. The number of ether oxygens (including phenoxy) is 2. The molecule has 1 unspecified atom stereocenters. The van der Waals surface area contributed by atoms with Gasteiger partial charge in [0.2, 0.25) is 0 Å². The third kappa shape index (κ3) is 3.03.